The van der Waals surface area contributed by atoms with Gasteiger partial charge in [0.05, 0.1) is 5.56 Å². The number of hydrogen-bond acceptors (Lipinski definition) is 6. The summed E-state index contributed by atoms with van der Waals surface area (Å²) < 4.78 is 0. The molecule has 1 unspecified atom stereocenters. The molecule has 32 heavy (non-hydrogen) atoms. The van der Waals surface area contributed by atoms with Gasteiger partial charge in [-0.15, -0.1) is 0 Å². The highest BCUT2D eigenvalue weighted by Gasteiger charge is 2.40. The zero-order chi connectivity index (χ0) is 23.2. The van der Waals surface area contributed by atoms with Crippen LogP contribution in [0.4, 0.5) is 5.69 Å². The molecule has 2 heterocycles. The number of phenolic OH excluding ortho intramolecular Hbond substituents is 2. The zero-order valence-corrected chi connectivity index (χ0v) is 17.6. The van der Waals surface area contributed by atoms with Crippen molar-refractivity contribution in [3.63, 3.8) is 0 Å². The maximum Gasteiger partial charge on any atom is 0.259 e. The Hall–Kier alpha value is -3.88. The highest BCUT2D eigenvalue weighted by Crippen LogP contribution is 2.35. The Labute approximate surface area is 184 Å². The zero-order valence-electron chi connectivity index (χ0n) is 17.6. The Balaban J connectivity index is 1.61. The Morgan fingerprint density at radius 1 is 1.16 bits per heavy atom. The molecule has 4 amide bonds. The van der Waals surface area contributed by atoms with Crippen LogP contribution in [0.1, 0.15) is 64.4 Å². The Morgan fingerprint density at radius 2 is 1.91 bits per heavy atom. The molecule has 166 valence electrons. The summed E-state index contributed by atoms with van der Waals surface area (Å²) in [5.74, 6) is -2.34. The van der Waals surface area contributed by atoms with Gasteiger partial charge in [0.1, 0.15) is 17.5 Å². The number of rotatable bonds is 4. The SMILES string of the molecule is CC(C)c1cc(C(=O)Nc2cccc3c2CN(C2CCC(=O)NC2=O)C3=O)c(O)cc1O. The predicted molar refractivity (Wildman–Crippen MR) is 114 cm³/mol. The Kier molecular flexibility index (Phi) is 5.33. The Bertz CT molecular complexity index is 1160. The molecule has 9 heteroatoms. The molecule has 9 nitrogen and oxygen atoms in total. The first-order valence-corrected chi connectivity index (χ1v) is 10.3. The number of benzene rings is 2. The molecule has 0 aromatic heterocycles. The second kappa shape index (κ2) is 7.99. The van der Waals surface area contributed by atoms with Crippen molar-refractivity contribution in [2.24, 2.45) is 0 Å². The van der Waals surface area contributed by atoms with E-state index in [0.717, 1.165) is 6.07 Å². The average molecular weight is 437 g/mol. The number of nitrogens with zero attached hydrogens (tertiary/aromatic N) is 1. The fourth-order valence-corrected chi connectivity index (χ4v) is 4.13. The molecule has 0 radical (unpaired) electrons. The lowest BCUT2D eigenvalue weighted by molar-refractivity contribution is -0.136. The van der Waals surface area contributed by atoms with Crippen molar-refractivity contribution in [3.8, 4) is 11.5 Å². The molecular weight excluding hydrogens is 414 g/mol. The minimum atomic E-state index is -0.758. The largest absolute Gasteiger partial charge is 0.508 e. The molecule has 2 aromatic rings. The molecule has 0 saturated carbocycles. The molecule has 0 spiro atoms. The summed E-state index contributed by atoms with van der Waals surface area (Å²) in [6.45, 7) is 3.82. The van der Waals surface area contributed by atoms with Crippen LogP contribution in [0.25, 0.3) is 0 Å². The summed E-state index contributed by atoms with van der Waals surface area (Å²) in [6, 6.07) is 6.69. The summed E-state index contributed by atoms with van der Waals surface area (Å²) in [6.07, 6.45) is 0.393. The summed E-state index contributed by atoms with van der Waals surface area (Å²) >= 11 is 0. The standard InChI is InChI=1S/C23H23N3O6/c1-11(2)13-8-14(19(28)9-18(13)27)21(30)24-16-5-3-4-12-15(16)10-26(23(12)32)17-6-7-20(29)25-22(17)31/h3-5,8-9,11,17,27-28H,6-7,10H2,1-2H3,(H,24,30)(H,25,29,31). The van der Waals surface area contributed by atoms with E-state index in [9.17, 15) is 29.4 Å². The van der Waals surface area contributed by atoms with E-state index >= 15 is 0 Å². The van der Waals surface area contributed by atoms with Crippen LogP contribution in [0.2, 0.25) is 0 Å². The second-order valence-electron chi connectivity index (χ2n) is 8.27. The van der Waals surface area contributed by atoms with Crippen LogP contribution < -0.4 is 10.6 Å². The van der Waals surface area contributed by atoms with Crippen LogP contribution in [-0.4, -0.2) is 44.8 Å². The molecule has 4 rings (SSSR count). The number of hydrogen-bond donors (Lipinski definition) is 4. The monoisotopic (exact) mass is 437 g/mol. The van der Waals surface area contributed by atoms with Gasteiger partial charge in [-0.2, -0.15) is 0 Å². The lowest BCUT2D eigenvalue weighted by Crippen LogP contribution is -2.52. The molecule has 2 aromatic carbocycles. The molecule has 0 bridgehead atoms. The van der Waals surface area contributed by atoms with E-state index < -0.39 is 17.9 Å². The molecular formula is C23H23N3O6. The predicted octanol–water partition coefficient (Wildman–Crippen LogP) is 2.23. The molecule has 1 atom stereocenters. The minimum absolute atomic E-state index is 0.00421. The van der Waals surface area contributed by atoms with Crippen LogP contribution in [-0.2, 0) is 16.1 Å². The first kappa shape index (κ1) is 21.4. The maximum absolute atomic E-state index is 12.9. The van der Waals surface area contributed by atoms with E-state index in [1.165, 1.54) is 11.0 Å². The molecule has 0 aliphatic carbocycles. The first-order valence-electron chi connectivity index (χ1n) is 10.3. The second-order valence-corrected chi connectivity index (χ2v) is 8.27. The highest BCUT2D eigenvalue weighted by atomic mass is 16.3. The number of phenols is 2. The number of anilines is 1. The first-order chi connectivity index (χ1) is 15.2. The van der Waals surface area contributed by atoms with Gasteiger partial charge in [-0.3, -0.25) is 24.5 Å². The van der Waals surface area contributed by atoms with E-state index in [1.807, 2.05) is 13.8 Å². The number of amides is 4. The van der Waals surface area contributed by atoms with Crippen molar-refractivity contribution in [1.82, 2.24) is 10.2 Å². The number of carbonyl (C=O) groups excluding carboxylic acids is 4. The van der Waals surface area contributed by atoms with Gasteiger partial charge in [-0.05, 0) is 36.1 Å². The van der Waals surface area contributed by atoms with E-state index in [0.29, 0.717) is 22.4 Å². The van der Waals surface area contributed by atoms with Crippen molar-refractivity contribution in [2.75, 3.05) is 5.32 Å². The molecule has 2 aliphatic rings. The third-order valence-electron chi connectivity index (χ3n) is 5.84. The lowest BCUT2D eigenvalue weighted by Gasteiger charge is -2.29. The van der Waals surface area contributed by atoms with Gasteiger partial charge in [-0.1, -0.05) is 19.9 Å². The van der Waals surface area contributed by atoms with Gasteiger partial charge in [-0.25, -0.2) is 0 Å². The topological polar surface area (TPSA) is 136 Å². The molecule has 1 fully saturated rings. The van der Waals surface area contributed by atoms with Crippen LogP contribution in [0.3, 0.4) is 0 Å². The number of nitrogens with one attached hydrogen (secondary N) is 2. The number of piperidine rings is 1. The van der Waals surface area contributed by atoms with Crippen LogP contribution in [0.15, 0.2) is 30.3 Å². The van der Waals surface area contributed by atoms with Gasteiger partial charge >= 0.3 is 0 Å². The number of aromatic hydroxyl groups is 2. The van der Waals surface area contributed by atoms with Crippen molar-refractivity contribution in [1.29, 1.82) is 0 Å². The molecule has 1 saturated heterocycles. The number of fused-ring (bicyclic) bond motifs is 1. The van der Waals surface area contributed by atoms with Gasteiger partial charge in [0.2, 0.25) is 11.8 Å². The minimum Gasteiger partial charge on any atom is -0.508 e. The van der Waals surface area contributed by atoms with Crippen LogP contribution in [0, 0.1) is 0 Å². The lowest BCUT2D eigenvalue weighted by atomic mass is 9.98. The van der Waals surface area contributed by atoms with Crippen LogP contribution in [0.5, 0.6) is 11.5 Å². The summed E-state index contributed by atoms with van der Waals surface area (Å²) in [5.41, 5.74) is 1.82. The van der Waals surface area contributed by atoms with E-state index in [4.69, 9.17) is 0 Å². The van der Waals surface area contributed by atoms with Gasteiger partial charge in [0.15, 0.2) is 0 Å². The fourth-order valence-electron chi connectivity index (χ4n) is 4.13. The van der Waals surface area contributed by atoms with Gasteiger partial charge in [0, 0.05) is 35.8 Å². The van der Waals surface area contributed by atoms with E-state index in [1.54, 1.807) is 18.2 Å². The Morgan fingerprint density at radius 3 is 2.59 bits per heavy atom. The smallest absolute Gasteiger partial charge is 0.259 e. The third-order valence-corrected chi connectivity index (χ3v) is 5.84. The fraction of sp³-hybridized carbons (Fsp3) is 0.304. The summed E-state index contributed by atoms with van der Waals surface area (Å²) in [4.78, 5) is 50.9. The molecule has 4 N–H and O–H groups in total. The van der Waals surface area contributed by atoms with E-state index in [2.05, 4.69) is 10.6 Å². The highest BCUT2D eigenvalue weighted by molar-refractivity contribution is 6.09. The quantitative estimate of drug-likeness (QED) is 0.542. The normalized spacial score (nSPS) is 18.0. The van der Waals surface area contributed by atoms with Crippen molar-refractivity contribution >= 4 is 29.3 Å². The number of carbonyl (C=O) groups is 4. The third kappa shape index (κ3) is 3.66. The van der Waals surface area contributed by atoms with Crippen molar-refractivity contribution in [3.05, 3.63) is 52.6 Å². The summed E-state index contributed by atoms with van der Waals surface area (Å²) in [5, 5.41) is 25.2. The van der Waals surface area contributed by atoms with Gasteiger partial charge in [0.25, 0.3) is 11.8 Å². The molecule has 2 aliphatic heterocycles. The summed E-state index contributed by atoms with van der Waals surface area (Å²) in [7, 11) is 0. The maximum atomic E-state index is 12.9. The van der Waals surface area contributed by atoms with Crippen LogP contribution >= 0.6 is 0 Å². The average Bonchev–Trinajstić information content (AvgIpc) is 3.05. The number of imide groups is 1. The van der Waals surface area contributed by atoms with Crippen molar-refractivity contribution < 1.29 is 29.4 Å². The van der Waals surface area contributed by atoms with Crippen molar-refractivity contribution in [2.45, 2.75) is 45.2 Å². The van der Waals surface area contributed by atoms with Gasteiger partial charge < -0.3 is 20.4 Å². The van der Waals surface area contributed by atoms with E-state index in [-0.39, 0.29) is 54.2 Å².